The standard InChI is InChI=1S/C10H12BrNOS/c1-3-14(13)12-7-9-5-4-8(2)6-10(9)11/h4-7H,3H2,1-2H3/b12-7+. The van der Waals surface area contributed by atoms with Gasteiger partial charge >= 0.3 is 0 Å². The molecule has 0 aliphatic carbocycles. The summed E-state index contributed by atoms with van der Waals surface area (Å²) in [6, 6.07) is 5.97. The van der Waals surface area contributed by atoms with Gasteiger partial charge < -0.3 is 0 Å². The van der Waals surface area contributed by atoms with Crippen molar-refractivity contribution in [2.24, 2.45) is 4.40 Å². The molecular formula is C10H12BrNOS. The molecule has 2 nitrogen and oxygen atoms in total. The average molecular weight is 274 g/mol. The molecule has 0 fully saturated rings. The zero-order valence-corrected chi connectivity index (χ0v) is 10.6. The van der Waals surface area contributed by atoms with Crippen molar-refractivity contribution in [3.05, 3.63) is 33.8 Å². The predicted molar refractivity (Wildman–Crippen MR) is 65.2 cm³/mol. The summed E-state index contributed by atoms with van der Waals surface area (Å²) in [7, 11) is -1.09. The summed E-state index contributed by atoms with van der Waals surface area (Å²) in [6.45, 7) is 3.87. The highest BCUT2D eigenvalue weighted by Crippen LogP contribution is 2.16. The lowest BCUT2D eigenvalue weighted by atomic mass is 10.2. The van der Waals surface area contributed by atoms with E-state index in [2.05, 4.69) is 20.3 Å². The molecule has 0 spiro atoms. The van der Waals surface area contributed by atoms with Crippen molar-refractivity contribution in [2.75, 3.05) is 5.75 Å². The third-order valence-corrected chi connectivity index (χ3v) is 3.23. The zero-order chi connectivity index (χ0) is 10.6. The van der Waals surface area contributed by atoms with Crippen LogP contribution in [0.25, 0.3) is 0 Å². The Balaban J connectivity index is 2.87. The number of hydrogen-bond donors (Lipinski definition) is 0. The number of halogens is 1. The first kappa shape index (κ1) is 11.6. The van der Waals surface area contributed by atoms with Crippen molar-refractivity contribution in [3.8, 4) is 0 Å². The number of aryl methyl sites for hydroxylation is 1. The van der Waals surface area contributed by atoms with Crippen LogP contribution in [0.4, 0.5) is 0 Å². The maximum absolute atomic E-state index is 11.1. The van der Waals surface area contributed by atoms with Crippen molar-refractivity contribution in [1.29, 1.82) is 0 Å². The lowest BCUT2D eigenvalue weighted by Crippen LogP contribution is -1.90. The highest BCUT2D eigenvalue weighted by Gasteiger charge is 1.97. The third-order valence-electron chi connectivity index (χ3n) is 1.71. The normalized spacial score (nSPS) is 13.4. The van der Waals surface area contributed by atoms with Crippen molar-refractivity contribution in [3.63, 3.8) is 0 Å². The average Bonchev–Trinajstić information content (AvgIpc) is 2.16. The third kappa shape index (κ3) is 3.35. The number of rotatable bonds is 3. The highest BCUT2D eigenvalue weighted by molar-refractivity contribution is 9.10. The Labute approximate surface area is 95.2 Å². The van der Waals surface area contributed by atoms with E-state index in [0.717, 1.165) is 10.0 Å². The van der Waals surface area contributed by atoms with Gasteiger partial charge in [-0.2, -0.15) is 4.40 Å². The van der Waals surface area contributed by atoms with Crippen molar-refractivity contribution < 1.29 is 4.21 Å². The molecule has 1 unspecified atom stereocenters. The topological polar surface area (TPSA) is 29.4 Å². The molecule has 0 aliphatic rings. The first-order valence-electron chi connectivity index (χ1n) is 4.32. The second-order valence-electron chi connectivity index (χ2n) is 2.87. The molecule has 0 N–H and O–H groups in total. The Morgan fingerprint density at radius 1 is 1.57 bits per heavy atom. The lowest BCUT2D eigenvalue weighted by Gasteiger charge is -1.98. The number of nitrogens with zero attached hydrogens (tertiary/aromatic N) is 1. The summed E-state index contributed by atoms with van der Waals surface area (Å²) in [5.41, 5.74) is 2.14. The molecule has 0 saturated heterocycles. The minimum Gasteiger partial charge on any atom is -0.235 e. The Hall–Kier alpha value is -0.480. The van der Waals surface area contributed by atoms with Gasteiger partial charge in [0.05, 0.1) is 0 Å². The Morgan fingerprint density at radius 2 is 2.29 bits per heavy atom. The van der Waals surface area contributed by atoms with Gasteiger partial charge in [-0.25, -0.2) is 4.21 Å². The fourth-order valence-corrected chi connectivity index (χ4v) is 1.90. The van der Waals surface area contributed by atoms with Crippen LogP contribution in [0.5, 0.6) is 0 Å². The molecule has 0 bridgehead atoms. The van der Waals surface area contributed by atoms with Gasteiger partial charge in [0.2, 0.25) is 0 Å². The van der Waals surface area contributed by atoms with Crippen LogP contribution in [-0.2, 0) is 11.0 Å². The van der Waals surface area contributed by atoms with E-state index in [0.29, 0.717) is 5.75 Å². The quantitative estimate of drug-likeness (QED) is 0.779. The molecule has 14 heavy (non-hydrogen) atoms. The summed E-state index contributed by atoms with van der Waals surface area (Å²) >= 11 is 3.43. The minimum atomic E-state index is -1.09. The van der Waals surface area contributed by atoms with Gasteiger partial charge in [0.1, 0.15) is 11.0 Å². The molecule has 0 heterocycles. The van der Waals surface area contributed by atoms with E-state index in [1.165, 1.54) is 5.56 Å². The van der Waals surface area contributed by atoms with Crippen LogP contribution in [0.3, 0.4) is 0 Å². The molecule has 0 amide bonds. The molecule has 0 radical (unpaired) electrons. The summed E-state index contributed by atoms with van der Waals surface area (Å²) < 4.78 is 16.0. The molecule has 1 aromatic carbocycles. The summed E-state index contributed by atoms with van der Waals surface area (Å²) in [5.74, 6) is 0.556. The minimum absolute atomic E-state index is 0.556. The van der Waals surface area contributed by atoms with Crippen LogP contribution >= 0.6 is 15.9 Å². The summed E-state index contributed by atoms with van der Waals surface area (Å²) in [6.07, 6.45) is 1.64. The van der Waals surface area contributed by atoms with Gasteiger partial charge in [0.25, 0.3) is 0 Å². The molecule has 0 aliphatic heterocycles. The largest absolute Gasteiger partial charge is 0.235 e. The maximum Gasteiger partial charge on any atom is 0.139 e. The zero-order valence-electron chi connectivity index (χ0n) is 8.16. The van der Waals surface area contributed by atoms with E-state index < -0.39 is 11.0 Å². The molecule has 1 aromatic rings. The fourth-order valence-electron chi connectivity index (χ4n) is 0.927. The van der Waals surface area contributed by atoms with E-state index in [1.807, 2.05) is 32.0 Å². The van der Waals surface area contributed by atoms with E-state index in [-0.39, 0.29) is 0 Å². The molecular weight excluding hydrogens is 262 g/mol. The van der Waals surface area contributed by atoms with Gasteiger partial charge in [-0.1, -0.05) is 35.0 Å². The Bertz CT molecular complexity index is 376. The van der Waals surface area contributed by atoms with Crippen LogP contribution in [0.1, 0.15) is 18.1 Å². The second-order valence-corrected chi connectivity index (χ2v) is 5.16. The van der Waals surface area contributed by atoms with Gasteiger partial charge in [0, 0.05) is 22.0 Å². The fraction of sp³-hybridized carbons (Fsp3) is 0.300. The van der Waals surface area contributed by atoms with Crippen LogP contribution in [-0.4, -0.2) is 16.2 Å². The first-order chi connectivity index (χ1) is 6.63. The van der Waals surface area contributed by atoms with Gasteiger partial charge in [-0.05, 0) is 18.6 Å². The maximum atomic E-state index is 11.1. The Morgan fingerprint density at radius 3 is 2.86 bits per heavy atom. The van der Waals surface area contributed by atoms with Crippen LogP contribution in [0, 0.1) is 6.92 Å². The number of benzene rings is 1. The molecule has 0 aromatic heterocycles. The number of hydrogen-bond acceptors (Lipinski definition) is 1. The SMILES string of the molecule is CCS(=O)/N=C/c1ccc(C)cc1Br. The van der Waals surface area contributed by atoms with Crippen molar-refractivity contribution in [1.82, 2.24) is 0 Å². The van der Waals surface area contributed by atoms with Crippen LogP contribution < -0.4 is 0 Å². The molecule has 1 rings (SSSR count). The summed E-state index contributed by atoms with van der Waals surface area (Å²) in [4.78, 5) is 0. The van der Waals surface area contributed by atoms with Gasteiger partial charge in [-0.15, -0.1) is 0 Å². The molecule has 4 heteroatoms. The predicted octanol–water partition coefficient (Wildman–Crippen LogP) is 2.86. The second kappa shape index (κ2) is 5.41. The molecule has 76 valence electrons. The lowest BCUT2D eigenvalue weighted by molar-refractivity contribution is 0.685. The monoisotopic (exact) mass is 273 g/mol. The van der Waals surface area contributed by atoms with E-state index in [4.69, 9.17) is 0 Å². The Kier molecular flexibility index (Phi) is 4.48. The molecule has 1 atom stereocenters. The summed E-state index contributed by atoms with van der Waals surface area (Å²) in [5, 5.41) is 0. The van der Waals surface area contributed by atoms with E-state index in [1.54, 1.807) is 6.21 Å². The molecule has 0 saturated carbocycles. The van der Waals surface area contributed by atoms with Crippen LogP contribution in [0.15, 0.2) is 27.1 Å². The van der Waals surface area contributed by atoms with Gasteiger partial charge in [-0.3, -0.25) is 0 Å². The van der Waals surface area contributed by atoms with Gasteiger partial charge in [0.15, 0.2) is 0 Å². The van der Waals surface area contributed by atoms with Crippen molar-refractivity contribution in [2.45, 2.75) is 13.8 Å². The van der Waals surface area contributed by atoms with E-state index in [9.17, 15) is 4.21 Å². The smallest absolute Gasteiger partial charge is 0.139 e. The van der Waals surface area contributed by atoms with Crippen LogP contribution in [0.2, 0.25) is 0 Å². The highest BCUT2D eigenvalue weighted by atomic mass is 79.9. The van der Waals surface area contributed by atoms with E-state index >= 15 is 0 Å². The van der Waals surface area contributed by atoms with Crippen molar-refractivity contribution >= 4 is 33.1 Å². The first-order valence-corrected chi connectivity index (χ1v) is 6.39.